The lowest BCUT2D eigenvalue weighted by Gasteiger charge is -2.24. The van der Waals surface area contributed by atoms with Crippen LogP contribution in [-0.2, 0) is 6.54 Å². The zero-order chi connectivity index (χ0) is 16.4. The highest BCUT2D eigenvalue weighted by Crippen LogP contribution is 2.41. The minimum Gasteiger partial charge on any atom is -0.350 e. The van der Waals surface area contributed by atoms with Crippen LogP contribution in [0.15, 0.2) is 6.07 Å². The highest BCUT2D eigenvalue weighted by atomic mass is 35.5. The highest BCUT2D eigenvalue weighted by Gasteiger charge is 2.44. The van der Waals surface area contributed by atoms with E-state index < -0.39 is 12.5 Å². The van der Waals surface area contributed by atoms with Crippen molar-refractivity contribution in [2.75, 3.05) is 18.0 Å². The van der Waals surface area contributed by atoms with Gasteiger partial charge in [-0.15, -0.1) is 0 Å². The summed E-state index contributed by atoms with van der Waals surface area (Å²) in [5.41, 5.74) is 1.26. The number of nitrogens with zero attached hydrogens (tertiary/aromatic N) is 3. The van der Waals surface area contributed by atoms with Crippen LogP contribution in [0.1, 0.15) is 42.1 Å². The number of alkyl halides is 2. The first-order valence-corrected chi connectivity index (χ1v) is 8.37. The standard InChI is InChI=1S/C16H18ClF2N3O/c1-9(10-2-3-10)22-7-11-6-12(17)20-14(13(11)15(22)23)21-5-4-16(18,19)8-21/h6,9-10H,2-5,7-8H2,1H3/t9-/m0/s1. The normalized spacial score (nSPS) is 24.3. The molecule has 0 radical (unpaired) electrons. The number of aromatic nitrogens is 1. The van der Waals surface area contributed by atoms with E-state index in [9.17, 15) is 13.6 Å². The van der Waals surface area contributed by atoms with E-state index in [1.165, 1.54) is 4.90 Å². The smallest absolute Gasteiger partial charge is 0.266 e. The van der Waals surface area contributed by atoms with E-state index in [4.69, 9.17) is 11.6 Å². The molecule has 2 aliphatic heterocycles. The van der Waals surface area contributed by atoms with Crippen molar-refractivity contribution < 1.29 is 13.6 Å². The average molecular weight is 342 g/mol. The zero-order valence-electron chi connectivity index (χ0n) is 12.9. The Bertz CT molecular complexity index is 678. The Hall–Kier alpha value is -1.43. The minimum atomic E-state index is -2.74. The summed E-state index contributed by atoms with van der Waals surface area (Å²) < 4.78 is 27.1. The summed E-state index contributed by atoms with van der Waals surface area (Å²) in [4.78, 5) is 20.4. The molecular weight excluding hydrogens is 324 g/mol. The van der Waals surface area contributed by atoms with Gasteiger partial charge in [0.25, 0.3) is 11.8 Å². The molecule has 1 saturated carbocycles. The van der Waals surface area contributed by atoms with Gasteiger partial charge in [-0.3, -0.25) is 4.79 Å². The molecule has 1 atom stereocenters. The Balaban J connectivity index is 1.70. The molecule has 0 bridgehead atoms. The van der Waals surface area contributed by atoms with Gasteiger partial charge in [0, 0.05) is 25.6 Å². The number of amides is 1. The molecule has 4 rings (SSSR count). The van der Waals surface area contributed by atoms with Crippen molar-refractivity contribution in [3.8, 4) is 0 Å². The molecule has 1 aliphatic carbocycles. The van der Waals surface area contributed by atoms with Gasteiger partial charge in [0.1, 0.15) is 11.0 Å². The van der Waals surface area contributed by atoms with Gasteiger partial charge < -0.3 is 9.80 Å². The second-order valence-electron chi connectivity index (χ2n) is 6.84. The predicted molar refractivity (Wildman–Crippen MR) is 83.1 cm³/mol. The van der Waals surface area contributed by atoms with Crippen LogP contribution in [0.25, 0.3) is 0 Å². The van der Waals surface area contributed by atoms with Crippen molar-refractivity contribution in [3.05, 3.63) is 22.3 Å². The van der Waals surface area contributed by atoms with E-state index in [1.54, 1.807) is 6.07 Å². The number of carbonyl (C=O) groups excluding carboxylic acids is 1. The maximum Gasteiger partial charge on any atom is 0.266 e. The van der Waals surface area contributed by atoms with Gasteiger partial charge in [-0.25, -0.2) is 13.8 Å². The third-order valence-electron chi connectivity index (χ3n) is 5.13. The fourth-order valence-corrected chi connectivity index (χ4v) is 3.82. The molecule has 1 aromatic heterocycles. The minimum absolute atomic E-state index is 0.103. The van der Waals surface area contributed by atoms with Crippen molar-refractivity contribution in [3.63, 3.8) is 0 Å². The molecule has 4 nitrogen and oxygen atoms in total. The van der Waals surface area contributed by atoms with Crippen LogP contribution in [0, 0.1) is 5.92 Å². The van der Waals surface area contributed by atoms with Crippen LogP contribution in [0.3, 0.4) is 0 Å². The number of hydrogen-bond donors (Lipinski definition) is 0. The van der Waals surface area contributed by atoms with Gasteiger partial charge in [0.2, 0.25) is 0 Å². The molecule has 1 amide bonds. The van der Waals surface area contributed by atoms with E-state index in [0.717, 1.165) is 18.4 Å². The van der Waals surface area contributed by atoms with E-state index in [-0.39, 0.29) is 30.1 Å². The Morgan fingerprint density at radius 1 is 1.43 bits per heavy atom. The molecule has 124 valence electrons. The maximum absolute atomic E-state index is 13.6. The second-order valence-corrected chi connectivity index (χ2v) is 7.23. The summed E-state index contributed by atoms with van der Waals surface area (Å²) >= 11 is 6.07. The Morgan fingerprint density at radius 2 is 2.17 bits per heavy atom. The fourth-order valence-electron chi connectivity index (χ4n) is 3.61. The third-order valence-corrected chi connectivity index (χ3v) is 5.32. The first-order valence-electron chi connectivity index (χ1n) is 7.99. The summed E-state index contributed by atoms with van der Waals surface area (Å²) in [6.07, 6.45) is 2.07. The number of pyridine rings is 1. The van der Waals surface area contributed by atoms with Crippen LogP contribution < -0.4 is 4.90 Å². The van der Waals surface area contributed by atoms with Gasteiger partial charge in [0.15, 0.2) is 0 Å². The Kier molecular flexibility index (Phi) is 3.31. The zero-order valence-corrected chi connectivity index (χ0v) is 13.6. The van der Waals surface area contributed by atoms with Crippen LogP contribution in [-0.4, -0.2) is 40.8 Å². The van der Waals surface area contributed by atoms with Crippen molar-refractivity contribution in [1.29, 1.82) is 0 Å². The molecule has 23 heavy (non-hydrogen) atoms. The first kappa shape index (κ1) is 15.1. The summed E-state index contributed by atoms with van der Waals surface area (Å²) in [6, 6.07) is 1.85. The van der Waals surface area contributed by atoms with E-state index in [2.05, 4.69) is 11.9 Å². The second kappa shape index (κ2) is 5.03. The van der Waals surface area contributed by atoms with Gasteiger partial charge in [0.05, 0.1) is 12.1 Å². The molecule has 3 aliphatic rings. The topological polar surface area (TPSA) is 36.4 Å². The van der Waals surface area contributed by atoms with Crippen LogP contribution in [0.2, 0.25) is 5.15 Å². The average Bonchev–Trinajstić information content (AvgIpc) is 3.19. The molecule has 0 aromatic carbocycles. The van der Waals surface area contributed by atoms with Gasteiger partial charge >= 0.3 is 0 Å². The van der Waals surface area contributed by atoms with E-state index >= 15 is 0 Å². The number of fused-ring (bicyclic) bond motifs is 1. The highest BCUT2D eigenvalue weighted by molar-refractivity contribution is 6.29. The van der Waals surface area contributed by atoms with Gasteiger partial charge in [-0.05, 0) is 37.3 Å². The quantitative estimate of drug-likeness (QED) is 0.791. The largest absolute Gasteiger partial charge is 0.350 e. The summed E-state index contributed by atoms with van der Waals surface area (Å²) in [7, 11) is 0. The summed E-state index contributed by atoms with van der Waals surface area (Å²) in [5.74, 6) is -1.97. The number of anilines is 1. The summed E-state index contributed by atoms with van der Waals surface area (Å²) in [5, 5.41) is 0.252. The molecule has 2 fully saturated rings. The van der Waals surface area contributed by atoms with Gasteiger partial charge in [-0.2, -0.15) is 0 Å². The number of hydrogen-bond acceptors (Lipinski definition) is 3. The first-order chi connectivity index (χ1) is 10.9. The lowest BCUT2D eigenvalue weighted by atomic mass is 10.1. The molecule has 0 N–H and O–H groups in total. The summed E-state index contributed by atoms with van der Waals surface area (Å²) in [6.45, 7) is 2.34. The molecule has 7 heteroatoms. The Labute approximate surface area is 138 Å². The van der Waals surface area contributed by atoms with E-state index in [1.807, 2.05) is 4.90 Å². The van der Waals surface area contributed by atoms with Crippen LogP contribution in [0.5, 0.6) is 0 Å². The fraction of sp³-hybridized carbons (Fsp3) is 0.625. The predicted octanol–water partition coefficient (Wildman–Crippen LogP) is 3.33. The maximum atomic E-state index is 13.6. The van der Waals surface area contributed by atoms with Crippen molar-refractivity contribution in [2.45, 2.75) is 44.7 Å². The van der Waals surface area contributed by atoms with Crippen molar-refractivity contribution in [2.24, 2.45) is 5.92 Å². The lowest BCUT2D eigenvalue weighted by Crippen LogP contribution is -2.35. The number of rotatable bonds is 3. The molecule has 0 unspecified atom stereocenters. The van der Waals surface area contributed by atoms with Crippen molar-refractivity contribution >= 4 is 23.3 Å². The van der Waals surface area contributed by atoms with Crippen LogP contribution in [0.4, 0.5) is 14.6 Å². The van der Waals surface area contributed by atoms with Gasteiger partial charge in [-0.1, -0.05) is 11.6 Å². The number of carbonyl (C=O) groups is 1. The van der Waals surface area contributed by atoms with E-state index in [0.29, 0.717) is 23.8 Å². The SMILES string of the molecule is C[C@@H](C1CC1)N1Cc2cc(Cl)nc(N3CCC(F)(F)C3)c2C1=O. The Morgan fingerprint density at radius 3 is 2.78 bits per heavy atom. The molecule has 3 heterocycles. The molecule has 0 spiro atoms. The monoisotopic (exact) mass is 341 g/mol. The lowest BCUT2D eigenvalue weighted by molar-refractivity contribution is 0.0256. The van der Waals surface area contributed by atoms with Crippen molar-refractivity contribution in [1.82, 2.24) is 9.88 Å². The molecule has 1 aromatic rings. The third kappa shape index (κ3) is 2.57. The molecule has 1 saturated heterocycles. The van der Waals surface area contributed by atoms with Crippen LogP contribution >= 0.6 is 11.6 Å². The molecular formula is C16H18ClF2N3O. The number of halogens is 3.